The van der Waals surface area contributed by atoms with Gasteiger partial charge in [0.1, 0.15) is 0 Å². The molecule has 0 unspecified atom stereocenters. The molecule has 1 aromatic heterocycles. The molecule has 0 aliphatic heterocycles. The number of hydrogen-bond acceptors (Lipinski definition) is 2. The Morgan fingerprint density at radius 2 is 2.17 bits per heavy atom. The van der Waals surface area contributed by atoms with Crippen LogP contribution in [0.5, 0.6) is 0 Å². The van der Waals surface area contributed by atoms with Crippen molar-refractivity contribution in [3.63, 3.8) is 0 Å². The van der Waals surface area contributed by atoms with Gasteiger partial charge in [0.05, 0.1) is 5.52 Å². The minimum Gasteiger partial charge on any atom is -0.399 e. The van der Waals surface area contributed by atoms with Gasteiger partial charge < -0.3 is 5.73 Å². The van der Waals surface area contributed by atoms with Gasteiger partial charge in [-0.15, -0.1) is 0 Å². The Bertz CT molecular complexity index is 426. The van der Waals surface area contributed by atoms with E-state index in [-0.39, 0.29) is 0 Å². The Morgan fingerprint density at radius 3 is 3.00 bits per heavy atom. The van der Waals surface area contributed by atoms with Gasteiger partial charge in [-0.05, 0) is 18.2 Å². The molecule has 2 N–H and O–H groups in total. The zero-order valence-corrected chi connectivity index (χ0v) is 7.88. The Morgan fingerprint density at radius 1 is 1.33 bits per heavy atom. The van der Waals surface area contributed by atoms with Crippen LogP contribution in [0.25, 0.3) is 10.9 Å². The number of nitrogens with zero attached hydrogens (tertiary/aromatic N) is 1. The molecule has 0 saturated heterocycles. The fourth-order valence-electron chi connectivity index (χ4n) is 1.16. The van der Waals surface area contributed by atoms with Crippen molar-refractivity contribution < 1.29 is 0 Å². The second kappa shape index (κ2) is 2.75. The van der Waals surface area contributed by atoms with E-state index in [1.807, 2.05) is 24.3 Å². The van der Waals surface area contributed by atoms with Crippen LogP contribution in [-0.2, 0) is 0 Å². The van der Waals surface area contributed by atoms with Gasteiger partial charge in [-0.25, -0.2) is 0 Å². The van der Waals surface area contributed by atoms with Gasteiger partial charge in [0.2, 0.25) is 0 Å². The molecular weight excluding hydrogens is 216 g/mol. The number of halogens is 1. The lowest BCUT2D eigenvalue weighted by molar-refractivity contribution is 1.41. The van der Waals surface area contributed by atoms with Crippen LogP contribution in [-0.4, -0.2) is 4.98 Å². The third-order valence-corrected chi connectivity index (χ3v) is 2.35. The molecule has 1 heterocycles. The maximum atomic E-state index is 5.65. The van der Waals surface area contributed by atoms with Gasteiger partial charge in [-0.3, -0.25) is 4.98 Å². The molecule has 0 fully saturated rings. The van der Waals surface area contributed by atoms with E-state index in [2.05, 4.69) is 20.9 Å². The van der Waals surface area contributed by atoms with E-state index in [4.69, 9.17) is 5.73 Å². The summed E-state index contributed by atoms with van der Waals surface area (Å²) in [5.74, 6) is 0. The van der Waals surface area contributed by atoms with E-state index in [1.54, 1.807) is 6.20 Å². The lowest BCUT2D eigenvalue weighted by Gasteiger charge is -2.00. The third-order valence-electron chi connectivity index (χ3n) is 1.69. The predicted molar refractivity (Wildman–Crippen MR) is 53.9 cm³/mol. The monoisotopic (exact) mass is 222 g/mol. The summed E-state index contributed by atoms with van der Waals surface area (Å²) >= 11 is 3.43. The Kier molecular flexibility index (Phi) is 1.73. The van der Waals surface area contributed by atoms with Crippen molar-refractivity contribution in [2.24, 2.45) is 0 Å². The molecule has 0 aliphatic rings. The lowest BCUT2D eigenvalue weighted by Crippen LogP contribution is -1.86. The third kappa shape index (κ3) is 1.16. The predicted octanol–water partition coefficient (Wildman–Crippen LogP) is 2.58. The number of rotatable bonds is 0. The van der Waals surface area contributed by atoms with E-state index in [0.717, 1.165) is 21.1 Å². The number of nitrogen functional groups attached to an aromatic ring is 1. The van der Waals surface area contributed by atoms with E-state index in [0.29, 0.717) is 0 Å². The van der Waals surface area contributed by atoms with Crippen LogP contribution in [0.4, 0.5) is 5.69 Å². The maximum absolute atomic E-state index is 5.65. The first kappa shape index (κ1) is 7.55. The van der Waals surface area contributed by atoms with Crippen molar-refractivity contribution in [2.45, 2.75) is 0 Å². The van der Waals surface area contributed by atoms with Crippen molar-refractivity contribution in [2.75, 3.05) is 5.73 Å². The minimum absolute atomic E-state index is 0.730. The molecule has 1 aromatic carbocycles. The minimum atomic E-state index is 0.730. The summed E-state index contributed by atoms with van der Waals surface area (Å²) < 4.78 is 0.991. The number of fused-ring (bicyclic) bond motifs is 1. The molecule has 0 radical (unpaired) electrons. The Labute approximate surface area is 78.5 Å². The van der Waals surface area contributed by atoms with Crippen molar-refractivity contribution >= 4 is 32.5 Å². The Balaban J connectivity index is 2.89. The van der Waals surface area contributed by atoms with Gasteiger partial charge in [0, 0.05) is 21.7 Å². The number of benzene rings is 1. The molecule has 0 saturated carbocycles. The Hall–Kier alpha value is -1.09. The molecule has 2 rings (SSSR count). The standard InChI is InChI=1S/C9H7BrN2/c10-8-4-6(11)5-9-7(8)2-1-3-12-9/h1-5H,11H2. The van der Waals surface area contributed by atoms with Crippen LogP contribution >= 0.6 is 15.9 Å². The zero-order chi connectivity index (χ0) is 8.55. The highest BCUT2D eigenvalue weighted by molar-refractivity contribution is 9.10. The average molecular weight is 223 g/mol. The molecule has 0 aliphatic carbocycles. The smallest absolute Gasteiger partial charge is 0.0733 e. The summed E-state index contributed by atoms with van der Waals surface area (Å²) in [6.07, 6.45) is 1.76. The molecule has 2 aromatic rings. The fraction of sp³-hybridized carbons (Fsp3) is 0. The van der Waals surface area contributed by atoms with Crippen LogP contribution < -0.4 is 5.73 Å². The SMILES string of the molecule is Nc1cc(Br)c2cccnc2c1. The number of hydrogen-bond donors (Lipinski definition) is 1. The first-order chi connectivity index (χ1) is 5.77. The second-order valence-corrected chi connectivity index (χ2v) is 3.43. The van der Waals surface area contributed by atoms with Crippen molar-refractivity contribution in [1.29, 1.82) is 0 Å². The number of nitrogens with two attached hydrogens (primary N) is 1. The number of aromatic nitrogens is 1. The largest absolute Gasteiger partial charge is 0.399 e. The van der Waals surface area contributed by atoms with Gasteiger partial charge in [-0.1, -0.05) is 22.0 Å². The van der Waals surface area contributed by atoms with Crippen molar-refractivity contribution in [1.82, 2.24) is 4.98 Å². The summed E-state index contributed by atoms with van der Waals surface area (Å²) in [7, 11) is 0. The van der Waals surface area contributed by atoms with Gasteiger partial charge in [0.25, 0.3) is 0 Å². The quantitative estimate of drug-likeness (QED) is 0.697. The summed E-state index contributed by atoms with van der Waals surface area (Å²) in [5.41, 5.74) is 7.31. The van der Waals surface area contributed by atoms with Crippen LogP contribution in [0, 0.1) is 0 Å². The first-order valence-corrected chi connectivity index (χ1v) is 4.36. The van der Waals surface area contributed by atoms with Gasteiger partial charge >= 0.3 is 0 Å². The van der Waals surface area contributed by atoms with Crippen molar-refractivity contribution in [3.05, 3.63) is 34.9 Å². The van der Waals surface area contributed by atoms with Gasteiger partial charge in [0.15, 0.2) is 0 Å². The molecule has 0 amide bonds. The highest BCUT2D eigenvalue weighted by atomic mass is 79.9. The van der Waals surface area contributed by atoms with Crippen LogP contribution in [0.3, 0.4) is 0 Å². The second-order valence-electron chi connectivity index (χ2n) is 2.57. The van der Waals surface area contributed by atoms with E-state index >= 15 is 0 Å². The van der Waals surface area contributed by atoms with Crippen LogP contribution in [0.2, 0.25) is 0 Å². The average Bonchev–Trinajstić information content (AvgIpc) is 2.04. The first-order valence-electron chi connectivity index (χ1n) is 3.57. The molecule has 0 atom stereocenters. The van der Waals surface area contributed by atoms with Crippen molar-refractivity contribution in [3.8, 4) is 0 Å². The summed E-state index contributed by atoms with van der Waals surface area (Å²) in [5, 5.41) is 1.09. The van der Waals surface area contributed by atoms with E-state index in [9.17, 15) is 0 Å². The normalized spacial score (nSPS) is 10.4. The summed E-state index contributed by atoms with van der Waals surface area (Å²) in [4.78, 5) is 4.19. The number of pyridine rings is 1. The molecule has 60 valence electrons. The molecular formula is C9H7BrN2. The van der Waals surface area contributed by atoms with Gasteiger partial charge in [-0.2, -0.15) is 0 Å². The number of anilines is 1. The zero-order valence-electron chi connectivity index (χ0n) is 6.29. The molecule has 12 heavy (non-hydrogen) atoms. The topological polar surface area (TPSA) is 38.9 Å². The molecule has 0 bridgehead atoms. The highest BCUT2D eigenvalue weighted by Gasteiger charge is 1.98. The molecule has 2 nitrogen and oxygen atoms in total. The fourth-order valence-corrected chi connectivity index (χ4v) is 1.76. The highest BCUT2D eigenvalue weighted by Crippen LogP contribution is 2.24. The summed E-state index contributed by atoms with van der Waals surface area (Å²) in [6, 6.07) is 7.65. The summed E-state index contributed by atoms with van der Waals surface area (Å²) in [6.45, 7) is 0. The van der Waals surface area contributed by atoms with E-state index < -0.39 is 0 Å². The molecule has 0 spiro atoms. The van der Waals surface area contributed by atoms with Crippen LogP contribution in [0.15, 0.2) is 34.9 Å². The van der Waals surface area contributed by atoms with E-state index in [1.165, 1.54) is 0 Å². The molecule has 3 heteroatoms. The van der Waals surface area contributed by atoms with Crippen LogP contribution in [0.1, 0.15) is 0 Å². The maximum Gasteiger partial charge on any atom is 0.0733 e. The lowest BCUT2D eigenvalue weighted by atomic mass is 10.2.